The number of aromatic carboxylic acids is 1. The number of carboxylic acids is 1. The topological polar surface area (TPSA) is 99.8 Å². The summed E-state index contributed by atoms with van der Waals surface area (Å²) in [6, 6.07) is 1.36. The highest BCUT2D eigenvalue weighted by Gasteiger charge is 2.21. The van der Waals surface area contributed by atoms with Crippen molar-refractivity contribution in [3.8, 4) is 0 Å². The second kappa shape index (κ2) is 5.13. The van der Waals surface area contributed by atoms with E-state index in [1.807, 2.05) is 0 Å². The number of nitrogens with two attached hydrogens (primary N) is 1. The first kappa shape index (κ1) is 13.1. The minimum Gasteiger partial charge on any atom is -0.478 e. The third-order valence-electron chi connectivity index (χ3n) is 3.12. The number of carbonyl (C=O) groups is 2. The van der Waals surface area contributed by atoms with Crippen LogP contribution in [0.1, 0.15) is 16.8 Å². The molecular formula is C12H16N4O3. The molecule has 1 aliphatic rings. The number of hydrogen-bond acceptors (Lipinski definition) is 5. The molecule has 7 nitrogen and oxygen atoms in total. The van der Waals surface area contributed by atoms with Gasteiger partial charge in [-0.25, -0.2) is 9.78 Å². The van der Waals surface area contributed by atoms with E-state index in [2.05, 4.69) is 4.98 Å². The summed E-state index contributed by atoms with van der Waals surface area (Å²) in [6.07, 6.45) is 2.08. The summed E-state index contributed by atoms with van der Waals surface area (Å²) in [4.78, 5) is 30.2. The lowest BCUT2D eigenvalue weighted by molar-refractivity contribution is -0.127. The minimum absolute atomic E-state index is 0.000936. The fourth-order valence-electron chi connectivity index (χ4n) is 2.02. The second-order valence-electron chi connectivity index (χ2n) is 4.53. The molecule has 0 aliphatic carbocycles. The molecule has 19 heavy (non-hydrogen) atoms. The van der Waals surface area contributed by atoms with Gasteiger partial charge < -0.3 is 20.6 Å². The molecule has 0 atom stereocenters. The molecule has 1 aromatic rings. The number of likely N-dealkylation sites (N-methyl/N-ethyl adjacent to an activating group) is 1. The van der Waals surface area contributed by atoms with E-state index in [0.29, 0.717) is 18.9 Å². The van der Waals surface area contributed by atoms with E-state index in [-0.39, 0.29) is 23.7 Å². The molecule has 2 rings (SSSR count). The normalized spacial score (nSPS) is 16.4. The maximum atomic E-state index is 11.8. The number of carbonyl (C=O) groups excluding carboxylic acids is 1. The lowest BCUT2D eigenvalue weighted by Gasteiger charge is -2.22. The smallest absolute Gasteiger partial charge is 0.337 e. The van der Waals surface area contributed by atoms with Gasteiger partial charge in [0.1, 0.15) is 0 Å². The molecule has 2 heterocycles. The maximum absolute atomic E-state index is 11.8. The minimum atomic E-state index is -1.07. The van der Waals surface area contributed by atoms with E-state index in [9.17, 15) is 9.59 Å². The third kappa shape index (κ3) is 2.75. The Morgan fingerprint density at radius 1 is 1.47 bits per heavy atom. The molecule has 1 amide bonds. The van der Waals surface area contributed by atoms with Crippen LogP contribution in [-0.2, 0) is 4.79 Å². The molecule has 0 saturated carbocycles. The lowest BCUT2D eigenvalue weighted by atomic mass is 10.2. The zero-order chi connectivity index (χ0) is 14.0. The molecule has 7 heteroatoms. The van der Waals surface area contributed by atoms with Crippen molar-refractivity contribution in [3.63, 3.8) is 0 Å². The third-order valence-corrected chi connectivity index (χ3v) is 3.12. The number of rotatable bonds is 2. The lowest BCUT2D eigenvalue weighted by Crippen LogP contribution is -2.35. The predicted octanol–water partition coefficient (Wildman–Crippen LogP) is 0.0305. The summed E-state index contributed by atoms with van der Waals surface area (Å²) in [5.74, 6) is -0.605. The van der Waals surface area contributed by atoms with E-state index >= 15 is 0 Å². The Hall–Kier alpha value is -2.31. The number of pyridine rings is 1. The van der Waals surface area contributed by atoms with E-state index in [1.54, 1.807) is 16.8 Å². The van der Waals surface area contributed by atoms with Crippen LogP contribution in [0.4, 0.5) is 11.5 Å². The molecule has 0 radical (unpaired) electrons. The highest BCUT2D eigenvalue weighted by molar-refractivity contribution is 5.90. The Kier molecular flexibility index (Phi) is 3.55. The molecule has 1 aromatic heterocycles. The summed E-state index contributed by atoms with van der Waals surface area (Å²) in [5.41, 5.74) is 6.15. The van der Waals surface area contributed by atoms with E-state index in [1.165, 1.54) is 12.3 Å². The van der Waals surface area contributed by atoms with Crippen LogP contribution in [0.2, 0.25) is 0 Å². The number of aromatic nitrogens is 1. The zero-order valence-corrected chi connectivity index (χ0v) is 10.7. The highest BCUT2D eigenvalue weighted by Crippen LogP contribution is 2.22. The van der Waals surface area contributed by atoms with Crippen LogP contribution in [0.25, 0.3) is 0 Å². The van der Waals surface area contributed by atoms with Crippen LogP contribution < -0.4 is 10.6 Å². The summed E-state index contributed by atoms with van der Waals surface area (Å²) in [7, 11) is 1.76. The first-order chi connectivity index (χ1) is 8.99. The average Bonchev–Trinajstić information content (AvgIpc) is 2.52. The number of amides is 1. The van der Waals surface area contributed by atoms with Gasteiger partial charge in [-0.1, -0.05) is 0 Å². The highest BCUT2D eigenvalue weighted by atomic mass is 16.4. The van der Waals surface area contributed by atoms with Crippen molar-refractivity contribution in [1.29, 1.82) is 0 Å². The van der Waals surface area contributed by atoms with Crippen molar-refractivity contribution in [3.05, 3.63) is 17.8 Å². The Morgan fingerprint density at radius 2 is 2.21 bits per heavy atom. The quantitative estimate of drug-likeness (QED) is 0.781. The fraction of sp³-hybridized carbons (Fsp3) is 0.417. The largest absolute Gasteiger partial charge is 0.478 e. The molecule has 1 fully saturated rings. The number of carboxylic acid groups (broad SMARTS) is 1. The van der Waals surface area contributed by atoms with Gasteiger partial charge in [-0.05, 0) is 12.5 Å². The van der Waals surface area contributed by atoms with Crippen LogP contribution in [0.3, 0.4) is 0 Å². The van der Waals surface area contributed by atoms with Crippen LogP contribution in [0, 0.1) is 0 Å². The summed E-state index contributed by atoms with van der Waals surface area (Å²) in [6.45, 7) is 1.57. The van der Waals surface area contributed by atoms with Gasteiger partial charge >= 0.3 is 5.97 Å². The monoisotopic (exact) mass is 264 g/mol. The van der Waals surface area contributed by atoms with Gasteiger partial charge in [-0.15, -0.1) is 0 Å². The molecule has 0 bridgehead atoms. The molecule has 0 unspecified atom stereocenters. The Bertz CT molecular complexity index is 518. The van der Waals surface area contributed by atoms with Crippen LogP contribution in [0.5, 0.6) is 0 Å². The van der Waals surface area contributed by atoms with Gasteiger partial charge in [0.25, 0.3) is 0 Å². The van der Waals surface area contributed by atoms with Crippen molar-refractivity contribution in [2.45, 2.75) is 6.42 Å². The van der Waals surface area contributed by atoms with Gasteiger partial charge in [0.05, 0.1) is 17.8 Å². The molecule has 1 saturated heterocycles. The van der Waals surface area contributed by atoms with E-state index in [4.69, 9.17) is 10.8 Å². The van der Waals surface area contributed by atoms with Gasteiger partial charge in [0.2, 0.25) is 5.91 Å². The Balaban J connectivity index is 2.26. The number of nitrogens with zero attached hydrogens (tertiary/aromatic N) is 3. The number of nitrogen functional groups attached to an aromatic ring is 1. The average molecular weight is 264 g/mol. The molecule has 0 spiro atoms. The van der Waals surface area contributed by atoms with Gasteiger partial charge in [0.15, 0.2) is 5.82 Å². The van der Waals surface area contributed by atoms with Crippen molar-refractivity contribution >= 4 is 23.4 Å². The second-order valence-corrected chi connectivity index (χ2v) is 4.53. The molecule has 0 aromatic carbocycles. The van der Waals surface area contributed by atoms with Gasteiger partial charge in [-0.2, -0.15) is 0 Å². The maximum Gasteiger partial charge on any atom is 0.337 e. The molecule has 3 N–H and O–H groups in total. The number of hydrogen-bond donors (Lipinski definition) is 2. The fourth-order valence-corrected chi connectivity index (χ4v) is 2.02. The van der Waals surface area contributed by atoms with Crippen LogP contribution >= 0.6 is 0 Å². The van der Waals surface area contributed by atoms with Crippen molar-refractivity contribution in [2.75, 3.05) is 37.3 Å². The Morgan fingerprint density at radius 3 is 2.84 bits per heavy atom. The number of anilines is 2. The summed E-state index contributed by atoms with van der Waals surface area (Å²) in [5, 5.41) is 8.86. The molecule has 1 aliphatic heterocycles. The predicted molar refractivity (Wildman–Crippen MR) is 70.1 cm³/mol. The molecular weight excluding hydrogens is 248 g/mol. The summed E-state index contributed by atoms with van der Waals surface area (Å²) < 4.78 is 0. The summed E-state index contributed by atoms with van der Waals surface area (Å²) >= 11 is 0. The van der Waals surface area contributed by atoms with Crippen molar-refractivity contribution < 1.29 is 14.7 Å². The Labute approximate surface area is 110 Å². The van der Waals surface area contributed by atoms with Crippen molar-refractivity contribution in [2.24, 2.45) is 0 Å². The SMILES string of the molecule is CN1CCCN(c2ncc(C(=O)O)cc2N)CC1=O. The van der Waals surface area contributed by atoms with Crippen LogP contribution in [-0.4, -0.2) is 53.5 Å². The van der Waals surface area contributed by atoms with Gasteiger partial charge in [0, 0.05) is 26.3 Å². The van der Waals surface area contributed by atoms with Crippen molar-refractivity contribution in [1.82, 2.24) is 9.88 Å². The van der Waals surface area contributed by atoms with Crippen LogP contribution in [0.15, 0.2) is 12.3 Å². The standard InChI is InChI=1S/C12H16N4O3/c1-15-3-2-4-16(7-10(15)17)11-9(13)5-8(6-14-11)12(18)19/h5-6H,2-4,7,13H2,1H3,(H,18,19). The zero-order valence-electron chi connectivity index (χ0n) is 10.7. The first-order valence-electron chi connectivity index (χ1n) is 5.97. The van der Waals surface area contributed by atoms with E-state index < -0.39 is 5.97 Å². The van der Waals surface area contributed by atoms with E-state index in [0.717, 1.165) is 6.42 Å². The molecule has 102 valence electrons. The van der Waals surface area contributed by atoms with Gasteiger partial charge in [-0.3, -0.25) is 4.79 Å². The first-order valence-corrected chi connectivity index (χ1v) is 5.97.